The number of nitrogens with one attached hydrogen (secondary N) is 1. The van der Waals surface area contributed by atoms with Crippen LogP contribution < -0.4 is 5.32 Å². The SMILES string of the molecule is CN1C(=O)CC[C@@]2(C)C1=C(Cl)CC1C2CC[C@]2(C)[C@@H](CC(=O)Nc3ccc(C(=O)O)cc3)CC[C@@H]12. The van der Waals surface area contributed by atoms with Crippen LogP contribution in [0.25, 0.3) is 0 Å². The number of amides is 2. The van der Waals surface area contributed by atoms with Gasteiger partial charge in [0, 0.05) is 41.7 Å². The Morgan fingerprint density at radius 2 is 1.83 bits per heavy atom. The van der Waals surface area contributed by atoms with Crippen molar-refractivity contribution in [1.82, 2.24) is 4.90 Å². The molecule has 0 bridgehead atoms. The van der Waals surface area contributed by atoms with Gasteiger partial charge in [0.15, 0.2) is 0 Å². The van der Waals surface area contributed by atoms with Crippen molar-refractivity contribution in [1.29, 1.82) is 0 Å². The zero-order valence-electron chi connectivity index (χ0n) is 20.8. The minimum atomic E-state index is -0.978. The monoisotopic (exact) mass is 498 g/mol. The van der Waals surface area contributed by atoms with Crippen molar-refractivity contribution in [3.05, 3.63) is 40.6 Å². The standard InChI is InChI=1S/C28H35ClN2O4/c1-27-12-10-21-19(15-22(29)25-28(21,2)13-11-24(33)31(25)3)20(27)9-6-17(27)14-23(32)30-18-7-4-16(5-8-18)26(34)35/h4-5,7-8,17,19-21H,6,9-15H2,1-3H3,(H,30,32)(H,34,35)/t17-,19?,20+,21?,27-,28-/m1/s1. The summed E-state index contributed by atoms with van der Waals surface area (Å²) in [5.41, 5.74) is 1.94. The van der Waals surface area contributed by atoms with E-state index in [0.29, 0.717) is 42.2 Å². The molecule has 2 saturated carbocycles. The molecule has 3 fully saturated rings. The van der Waals surface area contributed by atoms with E-state index in [1.165, 1.54) is 12.1 Å². The molecule has 0 radical (unpaired) electrons. The molecule has 35 heavy (non-hydrogen) atoms. The van der Waals surface area contributed by atoms with E-state index < -0.39 is 5.97 Å². The fourth-order valence-electron chi connectivity index (χ4n) is 8.26. The predicted octanol–water partition coefficient (Wildman–Crippen LogP) is 5.88. The van der Waals surface area contributed by atoms with Crippen molar-refractivity contribution in [3.63, 3.8) is 0 Å². The van der Waals surface area contributed by atoms with E-state index in [4.69, 9.17) is 16.7 Å². The number of piperidine rings is 1. The van der Waals surface area contributed by atoms with Crippen LogP contribution in [0.4, 0.5) is 5.69 Å². The van der Waals surface area contributed by atoms with E-state index >= 15 is 0 Å². The molecular formula is C28H35ClN2O4. The molecule has 4 aliphatic rings. The number of carbonyl (C=O) groups excluding carboxylic acids is 2. The number of carbonyl (C=O) groups is 3. The van der Waals surface area contributed by atoms with Gasteiger partial charge in [-0.25, -0.2) is 4.79 Å². The number of carboxylic acids is 1. The van der Waals surface area contributed by atoms with Crippen LogP contribution in [0, 0.1) is 34.5 Å². The summed E-state index contributed by atoms with van der Waals surface area (Å²) in [6.45, 7) is 4.70. The van der Waals surface area contributed by atoms with Gasteiger partial charge in [-0.15, -0.1) is 0 Å². The highest BCUT2D eigenvalue weighted by Gasteiger charge is 2.60. The first-order chi connectivity index (χ1) is 16.5. The quantitative estimate of drug-likeness (QED) is 0.542. The molecule has 1 aromatic rings. The minimum Gasteiger partial charge on any atom is -0.478 e. The van der Waals surface area contributed by atoms with Crippen LogP contribution in [0.1, 0.15) is 75.6 Å². The summed E-state index contributed by atoms with van der Waals surface area (Å²) in [4.78, 5) is 38.3. The van der Waals surface area contributed by atoms with Gasteiger partial charge in [0.25, 0.3) is 0 Å². The van der Waals surface area contributed by atoms with E-state index in [-0.39, 0.29) is 28.2 Å². The Hall–Kier alpha value is -2.34. The van der Waals surface area contributed by atoms with Gasteiger partial charge in [-0.3, -0.25) is 9.59 Å². The van der Waals surface area contributed by atoms with E-state index in [9.17, 15) is 14.4 Å². The minimum absolute atomic E-state index is 0.00897. The van der Waals surface area contributed by atoms with Crippen LogP contribution in [-0.2, 0) is 9.59 Å². The predicted molar refractivity (Wildman–Crippen MR) is 135 cm³/mol. The average Bonchev–Trinajstić information content (AvgIpc) is 3.13. The second kappa shape index (κ2) is 8.65. The number of nitrogens with zero attached hydrogens (tertiary/aromatic N) is 1. The van der Waals surface area contributed by atoms with Crippen LogP contribution in [0.2, 0.25) is 0 Å². The van der Waals surface area contributed by atoms with Crippen LogP contribution >= 0.6 is 11.6 Å². The molecule has 0 aromatic heterocycles. The third-order valence-electron chi connectivity index (χ3n) is 10.1. The first-order valence-electron chi connectivity index (χ1n) is 12.8. The van der Waals surface area contributed by atoms with Gasteiger partial charge >= 0.3 is 5.97 Å². The van der Waals surface area contributed by atoms with Crippen molar-refractivity contribution in [2.45, 2.75) is 65.2 Å². The number of fused-ring (bicyclic) bond motifs is 5. The van der Waals surface area contributed by atoms with Gasteiger partial charge in [0.2, 0.25) is 11.8 Å². The molecule has 2 amide bonds. The number of halogens is 1. The van der Waals surface area contributed by atoms with Crippen molar-refractivity contribution in [2.24, 2.45) is 34.5 Å². The number of allylic oxidation sites excluding steroid dienone is 2. The lowest BCUT2D eigenvalue weighted by Gasteiger charge is -2.59. The molecule has 1 heterocycles. The lowest BCUT2D eigenvalue weighted by molar-refractivity contribution is -0.136. The van der Waals surface area contributed by atoms with Crippen LogP contribution in [-0.4, -0.2) is 34.8 Å². The number of anilines is 1. The van der Waals surface area contributed by atoms with Crippen molar-refractivity contribution < 1.29 is 19.5 Å². The molecule has 3 aliphatic carbocycles. The Morgan fingerprint density at radius 1 is 1.11 bits per heavy atom. The highest BCUT2D eigenvalue weighted by atomic mass is 35.5. The Morgan fingerprint density at radius 3 is 2.51 bits per heavy atom. The zero-order valence-corrected chi connectivity index (χ0v) is 21.5. The van der Waals surface area contributed by atoms with Crippen molar-refractivity contribution in [2.75, 3.05) is 12.4 Å². The number of likely N-dealkylation sites (tertiary alicyclic amines) is 1. The van der Waals surface area contributed by atoms with E-state index in [1.807, 2.05) is 11.9 Å². The topological polar surface area (TPSA) is 86.7 Å². The van der Waals surface area contributed by atoms with E-state index in [0.717, 1.165) is 49.3 Å². The third-order valence-corrected chi connectivity index (χ3v) is 10.4. The molecule has 6 nitrogen and oxygen atoms in total. The molecule has 7 heteroatoms. The Kier molecular flexibility index (Phi) is 6.02. The number of benzene rings is 1. The van der Waals surface area contributed by atoms with Crippen molar-refractivity contribution >= 4 is 35.1 Å². The molecule has 0 spiro atoms. The number of hydrogen-bond donors (Lipinski definition) is 2. The molecule has 2 N–H and O–H groups in total. The summed E-state index contributed by atoms with van der Waals surface area (Å²) in [6.07, 6.45) is 7.15. The number of aromatic carboxylic acids is 1. The fraction of sp³-hybridized carbons (Fsp3) is 0.607. The average molecular weight is 499 g/mol. The maximum Gasteiger partial charge on any atom is 0.335 e. The summed E-state index contributed by atoms with van der Waals surface area (Å²) in [6, 6.07) is 6.31. The normalized spacial score (nSPS) is 36.3. The van der Waals surface area contributed by atoms with Crippen molar-refractivity contribution in [3.8, 4) is 0 Å². The smallest absolute Gasteiger partial charge is 0.335 e. The van der Waals surface area contributed by atoms with Gasteiger partial charge in [-0.2, -0.15) is 0 Å². The van der Waals surface area contributed by atoms with E-state index in [2.05, 4.69) is 19.2 Å². The van der Waals surface area contributed by atoms with Gasteiger partial charge in [0.1, 0.15) is 0 Å². The number of carboxylic acid groups (broad SMARTS) is 1. The molecule has 5 rings (SSSR count). The second-order valence-electron chi connectivity index (χ2n) is 11.7. The van der Waals surface area contributed by atoms with Crippen LogP contribution in [0.15, 0.2) is 35.0 Å². The van der Waals surface area contributed by atoms with Gasteiger partial charge < -0.3 is 15.3 Å². The second-order valence-corrected chi connectivity index (χ2v) is 12.1. The zero-order chi connectivity index (χ0) is 25.1. The molecule has 1 aliphatic heterocycles. The van der Waals surface area contributed by atoms with Gasteiger partial charge in [0.05, 0.1) is 5.56 Å². The third kappa shape index (κ3) is 3.89. The van der Waals surface area contributed by atoms with E-state index in [1.54, 1.807) is 12.1 Å². The highest BCUT2D eigenvalue weighted by molar-refractivity contribution is 6.30. The number of hydrogen-bond acceptors (Lipinski definition) is 3. The summed E-state index contributed by atoms with van der Waals surface area (Å²) in [5.74, 6) is 1.04. The molecule has 188 valence electrons. The maximum absolute atomic E-state index is 13.0. The lowest BCUT2D eigenvalue weighted by Crippen LogP contribution is -2.54. The Bertz CT molecular complexity index is 1100. The molecule has 1 saturated heterocycles. The summed E-state index contributed by atoms with van der Waals surface area (Å²) >= 11 is 6.92. The summed E-state index contributed by atoms with van der Waals surface area (Å²) in [7, 11) is 1.88. The fourth-order valence-corrected chi connectivity index (χ4v) is 8.78. The Labute approximate surface area is 212 Å². The maximum atomic E-state index is 13.0. The Balaban J connectivity index is 1.31. The largest absolute Gasteiger partial charge is 0.478 e. The lowest BCUT2D eigenvalue weighted by atomic mass is 9.49. The first-order valence-corrected chi connectivity index (χ1v) is 13.2. The molecule has 1 aromatic carbocycles. The highest BCUT2D eigenvalue weighted by Crippen LogP contribution is 2.67. The molecular weight excluding hydrogens is 464 g/mol. The number of rotatable bonds is 4. The molecule has 2 unspecified atom stereocenters. The molecule has 6 atom stereocenters. The van der Waals surface area contributed by atoms with Gasteiger partial charge in [-0.1, -0.05) is 25.4 Å². The summed E-state index contributed by atoms with van der Waals surface area (Å²) < 4.78 is 0. The van der Waals surface area contributed by atoms with Crippen LogP contribution in [0.5, 0.6) is 0 Å². The van der Waals surface area contributed by atoms with Crippen LogP contribution in [0.3, 0.4) is 0 Å². The van der Waals surface area contributed by atoms with Gasteiger partial charge in [-0.05, 0) is 91.9 Å². The first kappa shape index (κ1) is 24.4. The summed E-state index contributed by atoms with van der Waals surface area (Å²) in [5, 5.41) is 12.9.